The molecule has 0 aliphatic rings. The summed E-state index contributed by atoms with van der Waals surface area (Å²) in [5.41, 5.74) is 2.13. The smallest absolute Gasteiger partial charge is 0.174 e. The highest BCUT2D eigenvalue weighted by Gasteiger charge is 2.15. The van der Waals surface area contributed by atoms with Gasteiger partial charge in [0.25, 0.3) is 0 Å². The van der Waals surface area contributed by atoms with E-state index in [0.29, 0.717) is 35.3 Å². The second-order valence-corrected chi connectivity index (χ2v) is 5.95. The molecule has 0 bridgehead atoms. The largest absolute Gasteiger partial charge is 0.493 e. The Morgan fingerprint density at radius 3 is 2.64 bits per heavy atom. The molecule has 1 aromatic heterocycles. The fraction of sp³-hybridized carbons (Fsp3) is 0.136. The summed E-state index contributed by atoms with van der Waals surface area (Å²) < 4.78 is 12.8. The Balaban J connectivity index is 1.96. The van der Waals surface area contributed by atoms with Crippen LogP contribution in [0, 0.1) is 11.3 Å². The van der Waals surface area contributed by atoms with Crippen LogP contribution in [0.1, 0.15) is 11.4 Å². The molecule has 0 N–H and O–H groups in total. The number of methoxy groups -OCH3 is 1. The van der Waals surface area contributed by atoms with Crippen LogP contribution in [-0.2, 0) is 7.05 Å². The molecule has 0 spiro atoms. The van der Waals surface area contributed by atoms with Gasteiger partial charge in [-0.15, -0.1) is 10.2 Å². The van der Waals surface area contributed by atoms with Crippen molar-refractivity contribution in [2.75, 3.05) is 13.7 Å². The predicted molar refractivity (Wildman–Crippen MR) is 109 cm³/mol. The molecule has 0 atom stereocenters. The fourth-order valence-electron chi connectivity index (χ4n) is 2.76. The molecule has 0 aliphatic heterocycles. The summed E-state index contributed by atoms with van der Waals surface area (Å²) in [6.07, 6.45) is 3.41. The number of hydrogen-bond acceptors (Lipinski definition) is 5. The minimum atomic E-state index is 0.385. The molecule has 0 saturated heterocycles. The standard InChI is InChI=1S/C22H20N4O2/c1-4-12-28-19-11-10-16(14-20(19)27-3)13-18(15-23)22-25-24-21(26(22)2)17-8-6-5-7-9-17/h4-11,13-14H,1,12H2,2-3H3/b18-13+. The molecule has 3 aromatic rings. The van der Waals surface area contributed by atoms with Crippen LogP contribution in [0.25, 0.3) is 23.0 Å². The SMILES string of the molecule is C=CCOc1ccc(/C=C(\C#N)c2nnc(-c3ccccc3)n2C)cc1OC. The molecule has 140 valence electrons. The Bertz CT molecular complexity index is 1050. The predicted octanol–water partition coefficient (Wildman–Crippen LogP) is 4.12. The number of rotatable bonds is 7. The van der Waals surface area contributed by atoms with Crippen molar-refractivity contribution in [2.24, 2.45) is 7.05 Å². The molecule has 0 unspecified atom stereocenters. The number of nitrogens with zero attached hydrogens (tertiary/aromatic N) is 4. The lowest BCUT2D eigenvalue weighted by molar-refractivity contribution is 0.326. The molecule has 2 aromatic carbocycles. The zero-order valence-corrected chi connectivity index (χ0v) is 15.8. The Morgan fingerprint density at radius 1 is 1.18 bits per heavy atom. The fourth-order valence-corrected chi connectivity index (χ4v) is 2.76. The van der Waals surface area contributed by atoms with Crippen LogP contribution in [0.5, 0.6) is 11.5 Å². The molecule has 3 rings (SSSR count). The van der Waals surface area contributed by atoms with Crippen molar-refractivity contribution in [3.63, 3.8) is 0 Å². The van der Waals surface area contributed by atoms with E-state index in [4.69, 9.17) is 9.47 Å². The van der Waals surface area contributed by atoms with Gasteiger partial charge in [-0.1, -0.05) is 49.1 Å². The first-order valence-corrected chi connectivity index (χ1v) is 8.66. The van der Waals surface area contributed by atoms with Gasteiger partial charge in [0.1, 0.15) is 12.7 Å². The van der Waals surface area contributed by atoms with Gasteiger partial charge in [0.15, 0.2) is 23.1 Å². The average molecular weight is 372 g/mol. The van der Waals surface area contributed by atoms with E-state index in [0.717, 1.165) is 11.1 Å². The van der Waals surface area contributed by atoms with Gasteiger partial charge in [-0.05, 0) is 23.8 Å². The van der Waals surface area contributed by atoms with Crippen molar-refractivity contribution in [3.05, 3.63) is 72.6 Å². The Hall–Kier alpha value is -3.85. The molecule has 0 aliphatic carbocycles. The molecule has 0 fully saturated rings. The van der Waals surface area contributed by atoms with Crippen LogP contribution in [0.15, 0.2) is 61.2 Å². The highest BCUT2D eigenvalue weighted by Crippen LogP contribution is 2.30. The lowest BCUT2D eigenvalue weighted by Crippen LogP contribution is -1.99. The monoisotopic (exact) mass is 372 g/mol. The van der Waals surface area contributed by atoms with Crippen LogP contribution in [0.3, 0.4) is 0 Å². The van der Waals surface area contributed by atoms with Gasteiger partial charge in [0.05, 0.1) is 12.7 Å². The van der Waals surface area contributed by atoms with Gasteiger partial charge in [-0.25, -0.2) is 0 Å². The van der Waals surface area contributed by atoms with Crippen LogP contribution in [-0.4, -0.2) is 28.5 Å². The zero-order valence-electron chi connectivity index (χ0n) is 15.8. The third-order valence-corrected chi connectivity index (χ3v) is 4.12. The van der Waals surface area contributed by atoms with Crippen molar-refractivity contribution in [2.45, 2.75) is 0 Å². The topological polar surface area (TPSA) is 73.0 Å². The first-order chi connectivity index (χ1) is 13.7. The zero-order chi connectivity index (χ0) is 19.9. The van der Waals surface area contributed by atoms with Gasteiger partial charge in [0.2, 0.25) is 0 Å². The maximum absolute atomic E-state index is 9.68. The first kappa shape index (κ1) is 18.9. The van der Waals surface area contributed by atoms with Crippen molar-refractivity contribution in [1.82, 2.24) is 14.8 Å². The lowest BCUT2D eigenvalue weighted by atomic mass is 10.1. The summed E-state index contributed by atoms with van der Waals surface area (Å²) in [5, 5.41) is 18.1. The van der Waals surface area contributed by atoms with E-state index in [1.54, 1.807) is 25.3 Å². The van der Waals surface area contributed by atoms with Crippen LogP contribution >= 0.6 is 0 Å². The van der Waals surface area contributed by atoms with Gasteiger partial charge in [-0.2, -0.15) is 5.26 Å². The summed E-state index contributed by atoms with van der Waals surface area (Å²) in [4.78, 5) is 0. The molecular formula is C22H20N4O2. The summed E-state index contributed by atoms with van der Waals surface area (Å²) in [7, 11) is 3.42. The molecule has 0 amide bonds. The highest BCUT2D eigenvalue weighted by molar-refractivity contribution is 5.88. The first-order valence-electron chi connectivity index (χ1n) is 8.66. The number of allylic oxidation sites excluding steroid dienone is 1. The number of aromatic nitrogens is 3. The van der Waals surface area contributed by atoms with Crippen LogP contribution in [0.2, 0.25) is 0 Å². The quantitative estimate of drug-likeness (QED) is 0.461. The second-order valence-electron chi connectivity index (χ2n) is 5.95. The number of hydrogen-bond donors (Lipinski definition) is 0. The van der Waals surface area contributed by atoms with E-state index in [1.165, 1.54) is 0 Å². The van der Waals surface area contributed by atoms with E-state index in [1.807, 2.05) is 54.1 Å². The number of benzene rings is 2. The van der Waals surface area contributed by atoms with Gasteiger partial charge >= 0.3 is 0 Å². The molecular weight excluding hydrogens is 352 g/mol. The van der Waals surface area contributed by atoms with Gasteiger partial charge in [-0.3, -0.25) is 0 Å². The highest BCUT2D eigenvalue weighted by atomic mass is 16.5. The maximum Gasteiger partial charge on any atom is 0.174 e. The Morgan fingerprint density at radius 2 is 1.96 bits per heavy atom. The van der Waals surface area contributed by atoms with Gasteiger partial charge < -0.3 is 14.0 Å². The minimum Gasteiger partial charge on any atom is -0.493 e. The second kappa shape index (κ2) is 8.69. The molecule has 0 saturated carbocycles. The van der Waals surface area contributed by atoms with Crippen LogP contribution < -0.4 is 9.47 Å². The number of nitriles is 1. The minimum absolute atomic E-state index is 0.385. The molecule has 28 heavy (non-hydrogen) atoms. The maximum atomic E-state index is 9.68. The van der Waals surface area contributed by atoms with E-state index in [-0.39, 0.29) is 0 Å². The third kappa shape index (κ3) is 3.94. The molecule has 6 heteroatoms. The van der Waals surface area contributed by atoms with Crippen molar-refractivity contribution in [3.8, 4) is 29.0 Å². The van der Waals surface area contributed by atoms with Crippen LogP contribution in [0.4, 0.5) is 0 Å². The summed E-state index contributed by atoms with van der Waals surface area (Å²) in [6, 6.07) is 17.4. The van der Waals surface area contributed by atoms with E-state index < -0.39 is 0 Å². The number of ether oxygens (including phenoxy) is 2. The summed E-state index contributed by atoms with van der Waals surface area (Å²) >= 11 is 0. The normalized spacial score (nSPS) is 11.0. The molecule has 1 heterocycles. The van der Waals surface area contributed by atoms with E-state index in [9.17, 15) is 5.26 Å². The molecule has 0 radical (unpaired) electrons. The van der Waals surface area contributed by atoms with Crippen molar-refractivity contribution >= 4 is 11.6 Å². The summed E-state index contributed by atoms with van der Waals surface area (Å²) in [5.74, 6) is 2.38. The molecule has 6 nitrogen and oxygen atoms in total. The lowest BCUT2D eigenvalue weighted by Gasteiger charge is -2.10. The average Bonchev–Trinajstić information content (AvgIpc) is 3.12. The third-order valence-electron chi connectivity index (χ3n) is 4.12. The Labute approximate surface area is 164 Å². The van der Waals surface area contributed by atoms with E-state index >= 15 is 0 Å². The van der Waals surface area contributed by atoms with Crippen molar-refractivity contribution < 1.29 is 9.47 Å². The van der Waals surface area contributed by atoms with E-state index in [2.05, 4.69) is 22.8 Å². The summed E-state index contributed by atoms with van der Waals surface area (Å²) in [6.45, 7) is 4.02. The Kier molecular flexibility index (Phi) is 5.87. The van der Waals surface area contributed by atoms with Crippen molar-refractivity contribution in [1.29, 1.82) is 5.26 Å². The van der Waals surface area contributed by atoms with Gasteiger partial charge in [0, 0.05) is 12.6 Å².